The topological polar surface area (TPSA) is 64.3 Å². The third-order valence-corrected chi connectivity index (χ3v) is 3.21. The Hall–Kier alpha value is -1.85. The van der Waals surface area contributed by atoms with Crippen molar-refractivity contribution in [3.8, 4) is 5.75 Å². The van der Waals surface area contributed by atoms with Crippen molar-refractivity contribution in [2.24, 2.45) is 0 Å². The van der Waals surface area contributed by atoms with Crippen molar-refractivity contribution in [2.75, 3.05) is 6.61 Å². The zero-order chi connectivity index (χ0) is 15.4. The fraction of sp³-hybridized carbons (Fsp3) is 0.333. The van der Waals surface area contributed by atoms with Crippen LogP contribution in [0.5, 0.6) is 5.75 Å². The van der Waals surface area contributed by atoms with Crippen LogP contribution >= 0.6 is 11.6 Å². The molecule has 2 rings (SSSR count). The summed E-state index contributed by atoms with van der Waals surface area (Å²) >= 11 is 6.01. The van der Waals surface area contributed by atoms with E-state index in [0.29, 0.717) is 16.5 Å². The molecular weight excluding hydrogens is 292 g/mol. The van der Waals surface area contributed by atoms with Gasteiger partial charge in [-0.1, -0.05) is 17.7 Å². The number of aliphatic hydroxyl groups is 1. The minimum atomic E-state index is -0.853. The molecule has 5 nitrogen and oxygen atoms in total. The number of aliphatic hydroxyl groups excluding tert-OH is 1. The van der Waals surface area contributed by atoms with Crippen LogP contribution in [0.2, 0.25) is 5.02 Å². The predicted molar refractivity (Wildman–Crippen MR) is 80.9 cm³/mol. The number of hydrogen-bond acceptors (Lipinski definition) is 4. The van der Waals surface area contributed by atoms with Crippen LogP contribution in [0.15, 0.2) is 35.1 Å². The van der Waals surface area contributed by atoms with Crippen LogP contribution in [-0.4, -0.2) is 27.6 Å². The Labute approximate surface area is 127 Å². The molecule has 112 valence electrons. The Bertz CT molecular complexity index is 685. The van der Waals surface area contributed by atoms with Gasteiger partial charge in [-0.05, 0) is 37.6 Å². The lowest BCUT2D eigenvalue weighted by Gasteiger charge is -2.14. The Morgan fingerprint density at radius 2 is 2.10 bits per heavy atom. The Morgan fingerprint density at radius 1 is 1.33 bits per heavy atom. The molecule has 0 saturated heterocycles. The minimum Gasteiger partial charge on any atom is -0.489 e. The lowest BCUT2D eigenvalue weighted by atomic mass is 10.2. The van der Waals surface area contributed by atoms with E-state index in [0.717, 1.165) is 5.56 Å². The van der Waals surface area contributed by atoms with Crippen molar-refractivity contribution in [1.29, 1.82) is 0 Å². The first-order valence-corrected chi connectivity index (χ1v) is 6.95. The number of hydrogen-bond donors (Lipinski definition) is 1. The van der Waals surface area contributed by atoms with Crippen molar-refractivity contribution < 1.29 is 9.84 Å². The van der Waals surface area contributed by atoms with Crippen LogP contribution in [0.3, 0.4) is 0 Å². The van der Waals surface area contributed by atoms with E-state index in [4.69, 9.17) is 16.3 Å². The van der Waals surface area contributed by atoms with Gasteiger partial charge in [0.2, 0.25) is 0 Å². The molecule has 0 amide bonds. The van der Waals surface area contributed by atoms with E-state index in [-0.39, 0.29) is 18.7 Å². The molecule has 0 aliphatic heterocycles. The fourth-order valence-corrected chi connectivity index (χ4v) is 2.01. The standard InChI is InChI=1S/C15H17ClN2O3/c1-10-3-5-13(16)14(7-10)21-9-12(19)8-18-15(20)6-4-11(2)17-18/h3-7,12,19H,8-9H2,1-2H3/t12-/m0/s1. The van der Waals surface area contributed by atoms with E-state index in [2.05, 4.69) is 5.10 Å². The van der Waals surface area contributed by atoms with Crippen molar-refractivity contribution in [2.45, 2.75) is 26.5 Å². The van der Waals surface area contributed by atoms with Crippen molar-refractivity contribution in [3.63, 3.8) is 0 Å². The van der Waals surface area contributed by atoms with Gasteiger partial charge in [0, 0.05) is 6.07 Å². The molecule has 6 heteroatoms. The number of benzene rings is 1. The number of ether oxygens (including phenoxy) is 1. The van der Waals surface area contributed by atoms with Crippen molar-refractivity contribution >= 4 is 11.6 Å². The number of aryl methyl sites for hydroxylation is 2. The van der Waals surface area contributed by atoms with Crippen LogP contribution in [0.4, 0.5) is 0 Å². The summed E-state index contributed by atoms with van der Waals surface area (Å²) in [6.07, 6.45) is -0.853. The van der Waals surface area contributed by atoms with E-state index >= 15 is 0 Å². The first-order valence-electron chi connectivity index (χ1n) is 6.57. The summed E-state index contributed by atoms with van der Waals surface area (Å²) in [5.41, 5.74) is 1.47. The molecular formula is C15H17ClN2O3. The van der Waals surface area contributed by atoms with Gasteiger partial charge in [0.15, 0.2) is 0 Å². The highest BCUT2D eigenvalue weighted by Gasteiger charge is 2.10. The first kappa shape index (κ1) is 15.5. The average Bonchev–Trinajstić information content (AvgIpc) is 2.44. The van der Waals surface area contributed by atoms with Crippen LogP contribution in [0.25, 0.3) is 0 Å². The lowest BCUT2D eigenvalue weighted by Crippen LogP contribution is -2.31. The summed E-state index contributed by atoms with van der Waals surface area (Å²) in [5, 5.41) is 14.5. The average molecular weight is 309 g/mol. The molecule has 1 atom stereocenters. The summed E-state index contributed by atoms with van der Waals surface area (Å²) in [6, 6.07) is 8.47. The number of aromatic nitrogens is 2. The third-order valence-electron chi connectivity index (χ3n) is 2.90. The molecule has 1 aromatic heterocycles. The van der Waals surface area contributed by atoms with E-state index < -0.39 is 6.10 Å². The molecule has 1 aromatic carbocycles. The van der Waals surface area contributed by atoms with Gasteiger partial charge in [-0.2, -0.15) is 5.10 Å². The number of halogens is 1. The largest absolute Gasteiger partial charge is 0.489 e. The Balaban J connectivity index is 1.99. The van der Waals surface area contributed by atoms with Crippen LogP contribution in [-0.2, 0) is 6.54 Å². The van der Waals surface area contributed by atoms with Gasteiger partial charge in [0.25, 0.3) is 5.56 Å². The summed E-state index contributed by atoms with van der Waals surface area (Å²) in [6.45, 7) is 3.82. The SMILES string of the molecule is Cc1ccc(Cl)c(OC[C@@H](O)Cn2nc(C)ccc2=O)c1. The Morgan fingerprint density at radius 3 is 2.86 bits per heavy atom. The summed E-state index contributed by atoms with van der Waals surface area (Å²) in [5.74, 6) is 0.514. The molecule has 0 aliphatic rings. The highest BCUT2D eigenvalue weighted by atomic mass is 35.5. The number of rotatable bonds is 5. The Kier molecular flexibility index (Phi) is 4.98. The maximum atomic E-state index is 11.6. The molecule has 0 aliphatic carbocycles. The molecule has 0 saturated carbocycles. The quantitative estimate of drug-likeness (QED) is 0.917. The molecule has 0 bridgehead atoms. The third kappa shape index (κ3) is 4.31. The smallest absolute Gasteiger partial charge is 0.266 e. The van der Waals surface area contributed by atoms with Gasteiger partial charge >= 0.3 is 0 Å². The molecule has 0 radical (unpaired) electrons. The molecule has 1 N–H and O–H groups in total. The molecule has 2 aromatic rings. The summed E-state index contributed by atoms with van der Waals surface area (Å²) < 4.78 is 6.72. The van der Waals surface area contributed by atoms with Crippen molar-refractivity contribution in [3.05, 3.63) is 57.0 Å². The van der Waals surface area contributed by atoms with E-state index in [1.807, 2.05) is 13.0 Å². The normalized spacial score (nSPS) is 12.2. The zero-order valence-corrected chi connectivity index (χ0v) is 12.7. The van der Waals surface area contributed by atoms with Gasteiger partial charge in [0.05, 0.1) is 17.3 Å². The second-order valence-electron chi connectivity index (χ2n) is 4.89. The zero-order valence-electron chi connectivity index (χ0n) is 11.9. The lowest BCUT2D eigenvalue weighted by molar-refractivity contribution is 0.0878. The van der Waals surface area contributed by atoms with Crippen LogP contribution < -0.4 is 10.3 Å². The maximum absolute atomic E-state index is 11.6. The highest BCUT2D eigenvalue weighted by Crippen LogP contribution is 2.25. The second kappa shape index (κ2) is 6.74. The van der Waals surface area contributed by atoms with Crippen LogP contribution in [0.1, 0.15) is 11.3 Å². The predicted octanol–water partition coefficient (Wildman–Crippen LogP) is 1.95. The summed E-state index contributed by atoms with van der Waals surface area (Å²) in [4.78, 5) is 11.6. The van der Waals surface area contributed by atoms with E-state index in [1.165, 1.54) is 10.7 Å². The van der Waals surface area contributed by atoms with Gasteiger partial charge < -0.3 is 9.84 Å². The first-order chi connectivity index (χ1) is 9.95. The summed E-state index contributed by atoms with van der Waals surface area (Å²) in [7, 11) is 0. The molecule has 0 unspecified atom stereocenters. The van der Waals surface area contributed by atoms with Gasteiger partial charge in [-0.3, -0.25) is 4.79 Å². The van der Waals surface area contributed by atoms with Gasteiger partial charge in [-0.15, -0.1) is 0 Å². The molecule has 0 fully saturated rings. The van der Waals surface area contributed by atoms with E-state index in [1.54, 1.807) is 25.1 Å². The molecule has 1 heterocycles. The maximum Gasteiger partial charge on any atom is 0.266 e. The monoisotopic (exact) mass is 308 g/mol. The van der Waals surface area contributed by atoms with Gasteiger partial charge in [-0.25, -0.2) is 4.68 Å². The highest BCUT2D eigenvalue weighted by molar-refractivity contribution is 6.32. The second-order valence-corrected chi connectivity index (χ2v) is 5.30. The van der Waals surface area contributed by atoms with Crippen LogP contribution in [0, 0.1) is 13.8 Å². The minimum absolute atomic E-state index is 0.0330. The molecule has 21 heavy (non-hydrogen) atoms. The number of nitrogens with zero attached hydrogens (tertiary/aromatic N) is 2. The van der Waals surface area contributed by atoms with E-state index in [9.17, 15) is 9.90 Å². The van der Waals surface area contributed by atoms with Crippen molar-refractivity contribution in [1.82, 2.24) is 9.78 Å². The van der Waals surface area contributed by atoms with Gasteiger partial charge in [0.1, 0.15) is 18.5 Å². The molecule has 0 spiro atoms. The fourth-order valence-electron chi connectivity index (χ4n) is 1.84.